The SMILES string of the molecule is Cn1c(COc2ccc([N+](=O)[O-])cc2)n[nH]c1=S. The molecule has 0 aliphatic rings. The average Bonchev–Trinajstić information content (AvgIpc) is 2.68. The number of nitrogens with zero attached hydrogens (tertiary/aromatic N) is 3. The predicted octanol–water partition coefficient (Wildman–Crippen LogP) is 1.96. The number of nitro groups is 1. The Morgan fingerprint density at radius 3 is 2.67 bits per heavy atom. The normalized spacial score (nSPS) is 10.3. The Bertz CT molecular complexity index is 617. The molecular formula is C10H10N4O3S. The van der Waals surface area contributed by atoms with Crippen LogP contribution in [0.15, 0.2) is 24.3 Å². The van der Waals surface area contributed by atoms with Crippen molar-refractivity contribution in [3.05, 3.63) is 45.0 Å². The maximum Gasteiger partial charge on any atom is 0.269 e. The van der Waals surface area contributed by atoms with Gasteiger partial charge in [0, 0.05) is 19.2 Å². The lowest BCUT2D eigenvalue weighted by Crippen LogP contribution is -2.03. The van der Waals surface area contributed by atoms with Crippen molar-refractivity contribution in [3.8, 4) is 5.75 Å². The lowest BCUT2D eigenvalue weighted by atomic mass is 10.3. The Hall–Kier alpha value is -2.22. The molecule has 2 aromatic rings. The van der Waals surface area contributed by atoms with E-state index in [2.05, 4.69) is 10.2 Å². The van der Waals surface area contributed by atoms with Gasteiger partial charge in [0.05, 0.1) is 4.92 Å². The lowest BCUT2D eigenvalue weighted by Gasteiger charge is -2.04. The molecule has 1 aromatic carbocycles. The summed E-state index contributed by atoms with van der Waals surface area (Å²) < 4.78 is 7.66. The standard InChI is InChI=1S/C10H10N4O3S/c1-13-9(11-12-10(13)18)6-17-8-4-2-7(3-5-8)14(15)16/h2-5H,6H2,1H3,(H,12,18). The first kappa shape index (κ1) is 12.2. The summed E-state index contributed by atoms with van der Waals surface area (Å²) in [6.07, 6.45) is 0. The van der Waals surface area contributed by atoms with Gasteiger partial charge in [-0.1, -0.05) is 0 Å². The van der Waals surface area contributed by atoms with E-state index in [9.17, 15) is 10.1 Å². The van der Waals surface area contributed by atoms with Crippen LogP contribution in [0.4, 0.5) is 5.69 Å². The van der Waals surface area contributed by atoms with E-state index in [1.54, 1.807) is 23.7 Å². The van der Waals surface area contributed by atoms with Gasteiger partial charge in [-0.3, -0.25) is 15.2 Å². The third-order valence-corrected chi connectivity index (χ3v) is 2.75. The van der Waals surface area contributed by atoms with E-state index in [1.165, 1.54) is 12.1 Å². The van der Waals surface area contributed by atoms with Crippen LogP contribution in [0, 0.1) is 14.9 Å². The van der Waals surface area contributed by atoms with Gasteiger partial charge in [0.25, 0.3) is 5.69 Å². The van der Waals surface area contributed by atoms with Crippen LogP contribution in [-0.4, -0.2) is 19.7 Å². The fraction of sp³-hybridized carbons (Fsp3) is 0.200. The number of hydrogen-bond acceptors (Lipinski definition) is 5. The number of rotatable bonds is 4. The molecule has 18 heavy (non-hydrogen) atoms. The maximum atomic E-state index is 10.5. The zero-order valence-electron chi connectivity index (χ0n) is 9.49. The molecular weight excluding hydrogens is 256 g/mol. The Morgan fingerprint density at radius 2 is 2.17 bits per heavy atom. The lowest BCUT2D eigenvalue weighted by molar-refractivity contribution is -0.384. The molecule has 0 unspecified atom stereocenters. The van der Waals surface area contributed by atoms with E-state index in [1.807, 2.05) is 0 Å². The number of aromatic nitrogens is 3. The van der Waals surface area contributed by atoms with E-state index in [0.29, 0.717) is 16.3 Å². The van der Waals surface area contributed by atoms with Crippen LogP contribution in [0.5, 0.6) is 5.75 Å². The van der Waals surface area contributed by atoms with Crippen molar-refractivity contribution in [2.24, 2.45) is 7.05 Å². The molecule has 1 aromatic heterocycles. The van der Waals surface area contributed by atoms with Gasteiger partial charge in [0.15, 0.2) is 10.6 Å². The van der Waals surface area contributed by atoms with Crippen LogP contribution in [-0.2, 0) is 13.7 Å². The second-order valence-electron chi connectivity index (χ2n) is 3.54. The summed E-state index contributed by atoms with van der Waals surface area (Å²) >= 11 is 4.97. The van der Waals surface area contributed by atoms with Crippen molar-refractivity contribution >= 4 is 17.9 Å². The van der Waals surface area contributed by atoms with Crippen molar-refractivity contribution < 1.29 is 9.66 Å². The summed E-state index contributed by atoms with van der Waals surface area (Å²) in [5.41, 5.74) is 0.0283. The van der Waals surface area contributed by atoms with Crippen molar-refractivity contribution in [1.82, 2.24) is 14.8 Å². The molecule has 0 atom stereocenters. The Balaban J connectivity index is 2.04. The molecule has 0 spiro atoms. The van der Waals surface area contributed by atoms with Crippen molar-refractivity contribution in [2.45, 2.75) is 6.61 Å². The molecule has 0 bridgehead atoms. The van der Waals surface area contributed by atoms with Crippen molar-refractivity contribution in [2.75, 3.05) is 0 Å². The van der Waals surface area contributed by atoms with E-state index < -0.39 is 4.92 Å². The molecule has 0 saturated heterocycles. The molecule has 0 saturated carbocycles. The topological polar surface area (TPSA) is 86.0 Å². The van der Waals surface area contributed by atoms with Gasteiger partial charge in [0.2, 0.25) is 0 Å². The number of benzene rings is 1. The third kappa shape index (κ3) is 2.54. The molecule has 94 valence electrons. The van der Waals surface area contributed by atoms with Crippen molar-refractivity contribution in [3.63, 3.8) is 0 Å². The molecule has 7 nitrogen and oxygen atoms in total. The van der Waals surface area contributed by atoms with Crippen LogP contribution in [0.25, 0.3) is 0 Å². The minimum absolute atomic E-state index is 0.0283. The van der Waals surface area contributed by atoms with Gasteiger partial charge < -0.3 is 9.30 Å². The van der Waals surface area contributed by atoms with Gasteiger partial charge in [-0.15, -0.1) is 0 Å². The monoisotopic (exact) mass is 266 g/mol. The Labute approximate surface area is 107 Å². The number of non-ortho nitro benzene ring substituents is 1. The number of nitro benzene ring substituents is 1. The fourth-order valence-electron chi connectivity index (χ4n) is 1.32. The molecule has 0 fully saturated rings. The molecule has 1 N–H and O–H groups in total. The highest BCUT2D eigenvalue weighted by Crippen LogP contribution is 2.17. The highest BCUT2D eigenvalue weighted by atomic mass is 32.1. The first-order chi connectivity index (χ1) is 8.58. The summed E-state index contributed by atoms with van der Waals surface area (Å²) in [5.74, 6) is 1.19. The van der Waals surface area contributed by atoms with E-state index in [-0.39, 0.29) is 12.3 Å². The third-order valence-electron chi connectivity index (χ3n) is 2.39. The predicted molar refractivity (Wildman–Crippen MR) is 65.8 cm³/mol. The smallest absolute Gasteiger partial charge is 0.269 e. The number of H-pyrrole nitrogens is 1. The summed E-state index contributed by atoms with van der Waals surface area (Å²) in [5, 5.41) is 17.1. The number of ether oxygens (including phenoxy) is 1. The fourth-order valence-corrected chi connectivity index (χ4v) is 1.47. The minimum atomic E-state index is -0.457. The maximum absolute atomic E-state index is 10.5. The zero-order valence-corrected chi connectivity index (χ0v) is 10.3. The molecule has 0 amide bonds. The van der Waals surface area contributed by atoms with E-state index in [0.717, 1.165) is 0 Å². The second kappa shape index (κ2) is 4.96. The number of aromatic amines is 1. The van der Waals surface area contributed by atoms with E-state index >= 15 is 0 Å². The summed E-state index contributed by atoms with van der Waals surface area (Å²) in [6.45, 7) is 0.238. The van der Waals surface area contributed by atoms with Gasteiger partial charge in [-0.05, 0) is 24.4 Å². The van der Waals surface area contributed by atoms with Crippen LogP contribution in [0.1, 0.15) is 5.82 Å². The van der Waals surface area contributed by atoms with Gasteiger partial charge >= 0.3 is 0 Å². The number of nitrogens with one attached hydrogen (secondary N) is 1. The number of hydrogen-bond donors (Lipinski definition) is 1. The minimum Gasteiger partial charge on any atom is -0.486 e. The quantitative estimate of drug-likeness (QED) is 0.519. The van der Waals surface area contributed by atoms with Gasteiger partial charge in [-0.2, -0.15) is 5.10 Å². The highest BCUT2D eigenvalue weighted by molar-refractivity contribution is 7.71. The summed E-state index contributed by atoms with van der Waals surface area (Å²) in [4.78, 5) is 10.0. The summed E-state index contributed by atoms with van der Waals surface area (Å²) in [7, 11) is 1.78. The molecule has 8 heteroatoms. The Kier molecular flexibility index (Phi) is 3.38. The van der Waals surface area contributed by atoms with Crippen molar-refractivity contribution in [1.29, 1.82) is 0 Å². The highest BCUT2D eigenvalue weighted by Gasteiger charge is 2.06. The van der Waals surface area contributed by atoms with Gasteiger partial charge in [0.1, 0.15) is 12.4 Å². The molecule has 0 aliphatic heterocycles. The molecule has 2 rings (SSSR count). The second-order valence-corrected chi connectivity index (χ2v) is 3.93. The van der Waals surface area contributed by atoms with Crippen LogP contribution in [0.2, 0.25) is 0 Å². The molecule has 1 heterocycles. The largest absolute Gasteiger partial charge is 0.486 e. The van der Waals surface area contributed by atoms with E-state index in [4.69, 9.17) is 17.0 Å². The molecule has 0 radical (unpaired) electrons. The molecule has 0 aliphatic carbocycles. The summed E-state index contributed by atoms with van der Waals surface area (Å²) in [6, 6.07) is 5.86. The zero-order chi connectivity index (χ0) is 13.1. The van der Waals surface area contributed by atoms with Crippen LogP contribution in [0.3, 0.4) is 0 Å². The first-order valence-corrected chi connectivity index (χ1v) is 5.46. The van der Waals surface area contributed by atoms with Gasteiger partial charge in [-0.25, -0.2) is 0 Å². The van der Waals surface area contributed by atoms with Crippen LogP contribution >= 0.6 is 12.2 Å². The average molecular weight is 266 g/mol. The first-order valence-electron chi connectivity index (χ1n) is 5.05. The van der Waals surface area contributed by atoms with Crippen LogP contribution < -0.4 is 4.74 Å². The Morgan fingerprint density at radius 1 is 1.50 bits per heavy atom.